The summed E-state index contributed by atoms with van der Waals surface area (Å²) in [5, 5.41) is 4.27. The SMILES string of the molecule is CCCCNC(=O)Cn1c(C)c(C(C)C)c2ccccc21. The molecule has 21 heavy (non-hydrogen) atoms. The van der Waals surface area contributed by atoms with Crippen LogP contribution in [-0.4, -0.2) is 17.0 Å². The summed E-state index contributed by atoms with van der Waals surface area (Å²) in [6, 6.07) is 8.37. The molecule has 1 aromatic carbocycles. The number of carbonyl (C=O) groups is 1. The Morgan fingerprint density at radius 3 is 2.67 bits per heavy atom. The third kappa shape index (κ3) is 3.29. The number of carbonyl (C=O) groups excluding carboxylic acids is 1. The molecular weight excluding hydrogens is 260 g/mol. The van der Waals surface area contributed by atoms with Crippen LogP contribution >= 0.6 is 0 Å². The van der Waals surface area contributed by atoms with Crippen LogP contribution < -0.4 is 5.32 Å². The number of nitrogens with zero attached hydrogens (tertiary/aromatic N) is 1. The Kier molecular flexibility index (Phi) is 5.05. The summed E-state index contributed by atoms with van der Waals surface area (Å²) in [5.41, 5.74) is 3.72. The molecule has 114 valence electrons. The molecule has 3 heteroatoms. The van der Waals surface area contributed by atoms with Crippen molar-refractivity contribution in [1.29, 1.82) is 0 Å². The van der Waals surface area contributed by atoms with Crippen molar-refractivity contribution >= 4 is 16.8 Å². The van der Waals surface area contributed by atoms with Crippen LogP contribution in [0.5, 0.6) is 0 Å². The number of aromatic nitrogens is 1. The lowest BCUT2D eigenvalue weighted by atomic mass is 10.00. The average Bonchev–Trinajstić information content (AvgIpc) is 2.72. The second kappa shape index (κ2) is 6.79. The quantitative estimate of drug-likeness (QED) is 0.800. The number of benzene rings is 1. The van der Waals surface area contributed by atoms with Crippen molar-refractivity contribution in [3.63, 3.8) is 0 Å². The minimum Gasteiger partial charge on any atom is -0.355 e. The number of amides is 1. The zero-order valence-electron chi connectivity index (χ0n) is 13.6. The molecule has 1 N–H and O–H groups in total. The molecular formula is C18H26N2O. The fraction of sp³-hybridized carbons (Fsp3) is 0.500. The fourth-order valence-electron chi connectivity index (χ4n) is 2.99. The largest absolute Gasteiger partial charge is 0.355 e. The number of rotatable bonds is 6. The van der Waals surface area contributed by atoms with Gasteiger partial charge in [0.25, 0.3) is 0 Å². The summed E-state index contributed by atoms with van der Waals surface area (Å²) in [6.07, 6.45) is 2.14. The second-order valence-electron chi connectivity index (χ2n) is 5.96. The van der Waals surface area contributed by atoms with Crippen molar-refractivity contribution in [2.75, 3.05) is 6.54 Å². The second-order valence-corrected chi connectivity index (χ2v) is 5.96. The summed E-state index contributed by atoms with van der Waals surface area (Å²) < 4.78 is 2.14. The van der Waals surface area contributed by atoms with Gasteiger partial charge in [-0.2, -0.15) is 0 Å². The van der Waals surface area contributed by atoms with Crippen molar-refractivity contribution < 1.29 is 4.79 Å². The Balaban J connectivity index is 2.31. The molecule has 2 aromatic rings. The van der Waals surface area contributed by atoms with Crippen molar-refractivity contribution in [3.05, 3.63) is 35.5 Å². The molecule has 1 amide bonds. The van der Waals surface area contributed by atoms with Gasteiger partial charge in [0.15, 0.2) is 0 Å². The lowest BCUT2D eigenvalue weighted by Crippen LogP contribution is -2.28. The maximum absolute atomic E-state index is 12.1. The smallest absolute Gasteiger partial charge is 0.239 e. The molecule has 1 heterocycles. The van der Waals surface area contributed by atoms with Crippen molar-refractivity contribution in [1.82, 2.24) is 9.88 Å². The van der Waals surface area contributed by atoms with Crippen LogP contribution in [0.25, 0.3) is 10.9 Å². The molecule has 0 bridgehead atoms. The predicted molar refractivity (Wildman–Crippen MR) is 88.7 cm³/mol. The molecule has 0 aliphatic heterocycles. The van der Waals surface area contributed by atoms with E-state index >= 15 is 0 Å². The number of hydrogen-bond donors (Lipinski definition) is 1. The van der Waals surface area contributed by atoms with Gasteiger partial charge in [-0.05, 0) is 30.9 Å². The molecule has 0 aliphatic carbocycles. The van der Waals surface area contributed by atoms with Gasteiger partial charge in [-0.25, -0.2) is 0 Å². The van der Waals surface area contributed by atoms with E-state index in [0.717, 1.165) is 24.9 Å². The zero-order valence-corrected chi connectivity index (χ0v) is 13.6. The van der Waals surface area contributed by atoms with Crippen LogP contribution in [0.4, 0.5) is 0 Å². The van der Waals surface area contributed by atoms with Crippen LogP contribution in [0.15, 0.2) is 24.3 Å². The number of nitrogens with one attached hydrogen (secondary N) is 1. The Hall–Kier alpha value is -1.77. The van der Waals surface area contributed by atoms with Gasteiger partial charge in [-0.3, -0.25) is 4.79 Å². The van der Waals surface area contributed by atoms with E-state index in [0.29, 0.717) is 12.5 Å². The van der Waals surface area contributed by atoms with Crippen LogP contribution in [-0.2, 0) is 11.3 Å². The molecule has 1 aromatic heterocycles. The number of fused-ring (bicyclic) bond motifs is 1. The highest BCUT2D eigenvalue weighted by Gasteiger charge is 2.17. The van der Waals surface area contributed by atoms with Crippen LogP contribution in [0.1, 0.15) is 50.8 Å². The Morgan fingerprint density at radius 2 is 2.00 bits per heavy atom. The highest BCUT2D eigenvalue weighted by atomic mass is 16.1. The van der Waals surface area contributed by atoms with Gasteiger partial charge in [0.2, 0.25) is 5.91 Å². The molecule has 0 fully saturated rings. The molecule has 0 unspecified atom stereocenters. The molecule has 0 saturated carbocycles. The molecule has 0 aliphatic rings. The molecule has 2 rings (SSSR count). The minimum atomic E-state index is 0.0996. The topological polar surface area (TPSA) is 34.0 Å². The average molecular weight is 286 g/mol. The monoisotopic (exact) mass is 286 g/mol. The first-order valence-corrected chi connectivity index (χ1v) is 7.90. The first kappa shape index (κ1) is 15.6. The van der Waals surface area contributed by atoms with Gasteiger partial charge >= 0.3 is 0 Å². The van der Waals surface area contributed by atoms with E-state index in [1.165, 1.54) is 16.6 Å². The molecule has 0 radical (unpaired) electrons. The molecule has 0 spiro atoms. The van der Waals surface area contributed by atoms with Gasteiger partial charge in [0.1, 0.15) is 6.54 Å². The Morgan fingerprint density at radius 1 is 1.29 bits per heavy atom. The maximum Gasteiger partial charge on any atom is 0.239 e. The van der Waals surface area contributed by atoms with Crippen LogP contribution in [0.3, 0.4) is 0 Å². The van der Waals surface area contributed by atoms with Gasteiger partial charge in [0.05, 0.1) is 0 Å². The number of hydrogen-bond acceptors (Lipinski definition) is 1. The van der Waals surface area contributed by atoms with Crippen LogP contribution in [0, 0.1) is 6.92 Å². The molecule has 3 nitrogen and oxygen atoms in total. The first-order valence-electron chi connectivity index (χ1n) is 7.90. The Labute approximate surface area is 127 Å². The van der Waals surface area contributed by atoms with Gasteiger partial charge in [0, 0.05) is 23.1 Å². The standard InChI is InChI=1S/C18H26N2O/c1-5-6-11-19-17(21)12-20-14(4)18(13(2)3)15-9-7-8-10-16(15)20/h7-10,13H,5-6,11-12H2,1-4H3,(H,19,21). The number of unbranched alkanes of at least 4 members (excludes halogenated alkanes) is 1. The van der Waals surface area contributed by atoms with E-state index in [2.05, 4.69) is 55.8 Å². The van der Waals surface area contributed by atoms with E-state index < -0.39 is 0 Å². The van der Waals surface area contributed by atoms with Crippen molar-refractivity contribution in [2.24, 2.45) is 0 Å². The first-order chi connectivity index (χ1) is 10.1. The highest BCUT2D eigenvalue weighted by molar-refractivity contribution is 5.88. The summed E-state index contributed by atoms with van der Waals surface area (Å²) in [5.74, 6) is 0.557. The van der Waals surface area contributed by atoms with Crippen molar-refractivity contribution in [2.45, 2.75) is 53.0 Å². The lowest BCUT2D eigenvalue weighted by Gasteiger charge is -2.10. The molecule has 0 saturated heterocycles. The number of para-hydroxylation sites is 1. The van der Waals surface area contributed by atoms with Gasteiger partial charge < -0.3 is 9.88 Å². The summed E-state index contributed by atoms with van der Waals surface area (Å²) in [7, 11) is 0. The fourth-order valence-corrected chi connectivity index (χ4v) is 2.99. The van der Waals surface area contributed by atoms with Gasteiger partial charge in [-0.1, -0.05) is 45.4 Å². The summed E-state index contributed by atoms with van der Waals surface area (Å²) in [4.78, 5) is 12.1. The lowest BCUT2D eigenvalue weighted by molar-refractivity contribution is -0.121. The Bertz CT molecular complexity index is 625. The van der Waals surface area contributed by atoms with Gasteiger partial charge in [-0.15, -0.1) is 0 Å². The van der Waals surface area contributed by atoms with Crippen LogP contribution in [0.2, 0.25) is 0 Å². The summed E-state index contributed by atoms with van der Waals surface area (Å²) >= 11 is 0. The van der Waals surface area contributed by atoms with Crippen molar-refractivity contribution in [3.8, 4) is 0 Å². The minimum absolute atomic E-state index is 0.0996. The third-order valence-electron chi connectivity index (χ3n) is 4.01. The summed E-state index contributed by atoms with van der Waals surface area (Å²) in [6.45, 7) is 9.84. The normalized spacial score (nSPS) is 11.3. The van der Waals surface area contributed by atoms with E-state index in [1.807, 2.05) is 6.07 Å². The third-order valence-corrected chi connectivity index (χ3v) is 4.01. The van der Waals surface area contributed by atoms with E-state index in [1.54, 1.807) is 0 Å². The zero-order chi connectivity index (χ0) is 15.4. The van der Waals surface area contributed by atoms with E-state index in [9.17, 15) is 4.79 Å². The molecule has 0 atom stereocenters. The maximum atomic E-state index is 12.1. The van der Waals surface area contributed by atoms with E-state index in [-0.39, 0.29) is 5.91 Å². The highest BCUT2D eigenvalue weighted by Crippen LogP contribution is 2.31. The van der Waals surface area contributed by atoms with E-state index in [4.69, 9.17) is 0 Å². The predicted octanol–water partition coefficient (Wildman–Crippen LogP) is 3.99.